The van der Waals surface area contributed by atoms with Gasteiger partial charge in [-0.25, -0.2) is 0 Å². The summed E-state index contributed by atoms with van der Waals surface area (Å²) < 4.78 is 0. The van der Waals surface area contributed by atoms with E-state index in [0.717, 1.165) is 13.0 Å². The number of alkyl halides is 1. The van der Waals surface area contributed by atoms with Gasteiger partial charge in [-0.15, -0.1) is 0 Å². The maximum absolute atomic E-state index is 11.6. The van der Waals surface area contributed by atoms with Gasteiger partial charge in [0.05, 0.1) is 0 Å². The number of amides is 1. The van der Waals surface area contributed by atoms with Crippen LogP contribution < -0.4 is 5.32 Å². The highest BCUT2D eigenvalue weighted by atomic mass is 79.9. The Morgan fingerprint density at radius 2 is 2.07 bits per heavy atom. The molecule has 14 heavy (non-hydrogen) atoms. The Morgan fingerprint density at radius 1 is 1.57 bits per heavy atom. The van der Waals surface area contributed by atoms with Gasteiger partial charge >= 0.3 is 0 Å². The molecule has 0 heterocycles. The van der Waals surface area contributed by atoms with E-state index in [1.165, 1.54) is 0 Å². The quantitative estimate of drug-likeness (QED) is 0.775. The van der Waals surface area contributed by atoms with Crippen molar-refractivity contribution in [2.75, 3.05) is 6.54 Å². The number of nitrogens with one attached hydrogen (secondary N) is 1. The third-order valence-corrected chi connectivity index (χ3v) is 4.41. The molecule has 1 rings (SSSR count). The van der Waals surface area contributed by atoms with Crippen molar-refractivity contribution >= 4 is 21.8 Å². The fourth-order valence-electron chi connectivity index (χ4n) is 1.47. The minimum absolute atomic E-state index is 0.222. The van der Waals surface area contributed by atoms with Crippen molar-refractivity contribution in [1.29, 1.82) is 0 Å². The van der Waals surface area contributed by atoms with Crippen LogP contribution in [0.15, 0.2) is 0 Å². The van der Waals surface area contributed by atoms with Gasteiger partial charge in [0.25, 0.3) is 0 Å². The molecule has 0 bridgehead atoms. The van der Waals surface area contributed by atoms with Crippen LogP contribution in [0.3, 0.4) is 0 Å². The van der Waals surface area contributed by atoms with Gasteiger partial charge in [0, 0.05) is 17.3 Å². The van der Waals surface area contributed by atoms with Crippen LogP contribution >= 0.6 is 15.9 Å². The molecule has 0 aromatic heterocycles. The van der Waals surface area contributed by atoms with E-state index < -0.39 is 0 Å². The van der Waals surface area contributed by atoms with Crippen LogP contribution in [-0.4, -0.2) is 17.3 Å². The van der Waals surface area contributed by atoms with Crippen LogP contribution in [0.25, 0.3) is 0 Å². The molecule has 1 amide bonds. The lowest BCUT2D eigenvalue weighted by atomic mass is 10.1. The minimum Gasteiger partial charge on any atom is -0.355 e. The van der Waals surface area contributed by atoms with Gasteiger partial charge in [-0.2, -0.15) is 0 Å². The molecule has 1 N–H and O–H groups in total. The van der Waals surface area contributed by atoms with Gasteiger partial charge in [-0.1, -0.05) is 43.6 Å². The number of carbonyl (C=O) groups excluding carboxylic acids is 1. The lowest BCUT2D eigenvalue weighted by Crippen LogP contribution is -2.33. The maximum Gasteiger partial charge on any atom is 0.223 e. The first kappa shape index (κ1) is 12.0. The first-order chi connectivity index (χ1) is 6.34. The Morgan fingerprint density at radius 3 is 2.43 bits per heavy atom. The molecule has 2 atom stereocenters. The monoisotopic (exact) mass is 261 g/mol. The van der Waals surface area contributed by atoms with Gasteiger partial charge in [-0.3, -0.25) is 4.79 Å². The lowest BCUT2D eigenvalue weighted by Gasteiger charge is -2.14. The maximum atomic E-state index is 11.6. The molecule has 0 saturated heterocycles. The average molecular weight is 262 g/mol. The molecule has 3 heteroatoms. The van der Waals surface area contributed by atoms with Crippen LogP contribution in [0.2, 0.25) is 0 Å². The van der Waals surface area contributed by atoms with E-state index in [1.54, 1.807) is 0 Å². The van der Waals surface area contributed by atoms with Gasteiger partial charge in [0.15, 0.2) is 0 Å². The van der Waals surface area contributed by atoms with E-state index in [0.29, 0.717) is 10.7 Å². The van der Waals surface area contributed by atoms with Crippen LogP contribution in [0.4, 0.5) is 0 Å². The third-order valence-electron chi connectivity index (χ3n) is 3.02. The van der Waals surface area contributed by atoms with Crippen molar-refractivity contribution in [1.82, 2.24) is 5.32 Å². The molecule has 1 aliphatic rings. The number of hydrogen-bond donors (Lipinski definition) is 1. The molecular formula is C11H20BrNO. The van der Waals surface area contributed by atoms with Gasteiger partial charge in [0.1, 0.15) is 0 Å². The van der Waals surface area contributed by atoms with E-state index in [-0.39, 0.29) is 17.2 Å². The van der Waals surface area contributed by atoms with Crippen molar-refractivity contribution in [2.24, 2.45) is 17.3 Å². The molecule has 0 spiro atoms. The number of rotatable bonds is 4. The summed E-state index contributed by atoms with van der Waals surface area (Å²) in [5, 5.41) is 3.00. The summed E-state index contributed by atoms with van der Waals surface area (Å²) in [4.78, 5) is 12.0. The van der Waals surface area contributed by atoms with E-state index in [1.807, 2.05) is 0 Å². The van der Waals surface area contributed by atoms with Crippen LogP contribution in [-0.2, 0) is 4.79 Å². The zero-order valence-electron chi connectivity index (χ0n) is 9.43. The topological polar surface area (TPSA) is 29.1 Å². The van der Waals surface area contributed by atoms with Gasteiger partial charge < -0.3 is 5.32 Å². The van der Waals surface area contributed by atoms with Crippen LogP contribution in [0.1, 0.15) is 34.1 Å². The summed E-state index contributed by atoms with van der Waals surface area (Å²) in [5.41, 5.74) is 0.240. The third kappa shape index (κ3) is 2.97. The highest BCUT2D eigenvalue weighted by Gasteiger charge is 2.50. The Balaban J connectivity index is 2.23. The molecule has 0 aliphatic heterocycles. The van der Waals surface area contributed by atoms with E-state index >= 15 is 0 Å². The number of carbonyl (C=O) groups is 1. The van der Waals surface area contributed by atoms with Crippen molar-refractivity contribution in [3.8, 4) is 0 Å². The zero-order chi connectivity index (χ0) is 10.9. The molecule has 1 saturated carbocycles. The molecule has 1 fully saturated rings. The van der Waals surface area contributed by atoms with Gasteiger partial charge in [0.2, 0.25) is 5.91 Å². The fourth-order valence-corrected chi connectivity index (χ4v) is 1.63. The van der Waals surface area contributed by atoms with Crippen LogP contribution in [0, 0.1) is 17.3 Å². The predicted octanol–water partition coefficient (Wildman–Crippen LogP) is 2.57. The van der Waals surface area contributed by atoms with Crippen molar-refractivity contribution in [3.05, 3.63) is 0 Å². The van der Waals surface area contributed by atoms with Crippen molar-refractivity contribution in [2.45, 2.75) is 38.9 Å². The molecular weight excluding hydrogens is 242 g/mol. The molecule has 1 aliphatic carbocycles. The van der Waals surface area contributed by atoms with Crippen LogP contribution in [0.5, 0.6) is 0 Å². The standard InChI is InChI=1S/C11H20BrNO/c1-7(2)9(12)6-13-10(14)8-5-11(8,3)4/h7-9H,5-6H2,1-4H3,(H,13,14). The first-order valence-corrected chi connectivity index (χ1v) is 6.18. The SMILES string of the molecule is CC(C)C(Br)CNC(=O)C1CC1(C)C. The highest BCUT2D eigenvalue weighted by molar-refractivity contribution is 9.09. The Bertz CT molecular complexity index is 225. The molecule has 0 radical (unpaired) electrons. The first-order valence-electron chi connectivity index (χ1n) is 5.26. The summed E-state index contributed by atoms with van der Waals surface area (Å²) in [6.45, 7) is 9.32. The Kier molecular flexibility index (Phi) is 3.62. The number of halogens is 1. The second-order valence-electron chi connectivity index (χ2n) is 5.25. The Hall–Kier alpha value is -0.0500. The number of hydrogen-bond acceptors (Lipinski definition) is 1. The van der Waals surface area contributed by atoms with Crippen molar-refractivity contribution < 1.29 is 4.79 Å². The fraction of sp³-hybridized carbons (Fsp3) is 0.909. The summed E-state index contributed by atoms with van der Waals surface area (Å²) in [5.74, 6) is 1.02. The summed E-state index contributed by atoms with van der Waals surface area (Å²) in [6, 6.07) is 0. The smallest absolute Gasteiger partial charge is 0.223 e. The minimum atomic E-state index is 0.222. The zero-order valence-corrected chi connectivity index (χ0v) is 11.0. The average Bonchev–Trinajstić information content (AvgIpc) is 2.70. The highest BCUT2D eigenvalue weighted by Crippen LogP contribution is 2.51. The van der Waals surface area contributed by atoms with E-state index in [4.69, 9.17) is 0 Å². The molecule has 82 valence electrons. The predicted molar refractivity (Wildman–Crippen MR) is 62.5 cm³/mol. The molecule has 0 aromatic carbocycles. The summed E-state index contributed by atoms with van der Waals surface area (Å²) >= 11 is 3.55. The largest absolute Gasteiger partial charge is 0.355 e. The Labute approximate surface area is 95.0 Å². The second-order valence-corrected chi connectivity index (χ2v) is 6.43. The normalized spacial score (nSPS) is 26.0. The summed E-state index contributed by atoms with van der Waals surface area (Å²) in [6.07, 6.45) is 1.04. The van der Waals surface area contributed by atoms with Crippen molar-refractivity contribution in [3.63, 3.8) is 0 Å². The molecule has 2 unspecified atom stereocenters. The second kappa shape index (κ2) is 4.21. The van der Waals surface area contributed by atoms with E-state index in [2.05, 4.69) is 48.9 Å². The van der Waals surface area contributed by atoms with E-state index in [9.17, 15) is 4.79 Å². The lowest BCUT2D eigenvalue weighted by molar-refractivity contribution is -0.122. The molecule has 2 nitrogen and oxygen atoms in total. The molecule has 0 aromatic rings. The summed E-state index contributed by atoms with van der Waals surface area (Å²) in [7, 11) is 0. The van der Waals surface area contributed by atoms with Gasteiger partial charge in [-0.05, 0) is 17.8 Å².